The number of hydrogen-bond acceptors (Lipinski definition) is 2. The Labute approximate surface area is 93.2 Å². The van der Waals surface area contributed by atoms with E-state index in [1.807, 2.05) is 18.2 Å². The van der Waals surface area contributed by atoms with Crippen LogP contribution in [0, 0.1) is 0 Å². The molecule has 0 amide bonds. The fourth-order valence-corrected chi connectivity index (χ4v) is 1.24. The third-order valence-corrected chi connectivity index (χ3v) is 1.95. The van der Waals surface area contributed by atoms with E-state index >= 15 is 0 Å². The van der Waals surface area contributed by atoms with Gasteiger partial charge in [-0.2, -0.15) is 21.4 Å². The Morgan fingerprint density at radius 1 is 1.40 bits per heavy atom. The molecule has 0 aliphatic carbocycles. The van der Waals surface area contributed by atoms with Gasteiger partial charge in [0.05, 0.1) is 0 Å². The predicted molar refractivity (Wildman–Crippen MR) is 60.6 cm³/mol. The van der Waals surface area contributed by atoms with E-state index in [4.69, 9.17) is 0 Å². The summed E-state index contributed by atoms with van der Waals surface area (Å²) in [7, 11) is 0. The highest BCUT2D eigenvalue weighted by Gasteiger charge is 2.03. The van der Waals surface area contributed by atoms with Gasteiger partial charge in [-0.3, -0.25) is 0 Å². The lowest BCUT2D eigenvalue weighted by Crippen LogP contribution is -2.01. The first-order valence-electron chi connectivity index (χ1n) is 4.54. The van der Waals surface area contributed by atoms with E-state index in [1.54, 1.807) is 12.1 Å². The number of hydrogen-bond donors (Lipinski definition) is 1. The molecule has 0 spiro atoms. The molecule has 0 saturated heterocycles. The molecule has 1 aromatic carbocycles. The third-order valence-electron chi connectivity index (χ3n) is 1.69. The van der Waals surface area contributed by atoms with Gasteiger partial charge in [-0.05, 0) is 29.9 Å². The van der Waals surface area contributed by atoms with Crippen molar-refractivity contribution in [2.75, 3.05) is 5.75 Å². The molecule has 0 aromatic heterocycles. The van der Waals surface area contributed by atoms with E-state index in [0.29, 0.717) is 0 Å². The summed E-state index contributed by atoms with van der Waals surface area (Å²) >= 11 is 4.06. The van der Waals surface area contributed by atoms with Crippen LogP contribution in [0.15, 0.2) is 30.3 Å². The molecule has 0 fully saturated rings. The molecule has 1 nitrogen and oxygen atoms in total. The zero-order valence-corrected chi connectivity index (χ0v) is 8.96. The average Bonchev–Trinajstić information content (AvgIpc) is 2.18. The van der Waals surface area contributed by atoms with E-state index in [9.17, 15) is 8.78 Å². The van der Waals surface area contributed by atoms with Crippen LogP contribution in [-0.2, 0) is 0 Å². The van der Waals surface area contributed by atoms with Crippen LogP contribution < -0.4 is 4.74 Å². The largest absolute Gasteiger partial charge is 0.435 e. The summed E-state index contributed by atoms with van der Waals surface area (Å²) in [5.74, 6) is 0.946. The lowest BCUT2D eigenvalue weighted by Gasteiger charge is -2.04. The van der Waals surface area contributed by atoms with E-state index in [0.717, 1.165) is 17.7 Å². The Balaban J connectivity index is 2.65. The van der Waals surface area contributed by atoms with Gasteiger partial charge in [-0.25, -0.2) is 0 Å². The number of ether oxygens (including phenoxy) is 1. The van der Waals surface area contributed by atoms with Crippen LogP contribution in [0.3, 0.4) is 0 Å². The number of rotatable bonds is 5. The fourth-order valence-electron chi connectivity index (χ4n) is 1.09. The topological polar surface area (TPSA) is 9.23 Å². The second kappa shape index (κ2) is 6.45. The maximum Gasteiger partial charge on any atom is 0.387 e. The van der Waals surface area contributed by atoms with E-state index in [2.05, 4.69) is 17.4 Å². The van der Waals surface area contributed by atoms with Crippen molar-refractivity contribution in [3.8, 4) is 5.75 Å². The van der Waals surface area contributed by atoms with Crippen LogP contribution in [0.25, 0.3) is 6.08 Å². The van der Waals surface area contributed by atoms with Gasteiger partial charge in [0.15, 0.2) is 0 Å². The van der Waals surface area contributed by atoms with Crippen molar-refractivity contribution >= 4 is 18.7 Å². The number of halogens is 2. The molecule has 82 valence electrons. The van der Waals surface area contributed by atoms with Gasteiger partial charge in [0.1, 0.15) is 5.75 Å². The molecular formula is C11H12F2OS. The van der Waals surface area contributed by atoms with Gasteiger partial charge in [0, 0.05) is 0 Å². The molecule has 1 aromatic rings. The zero-order chi connectivity index (χ0) is 11.1. The summed E-state index contributed by atoms with van der Waals surface area (Å²) in [5.41, 5.74) is 0.843. The first-order chi connectivity index (χ1) is 7.22. The van der Waals surface area contributed by atoms with Gasteiger partial charge in [0.2, 0.25) is 0 Å². The van der Waals surface area contributed by atoms with E-state index < -0.39 is 6.61 Å². The normalized spacial score (nSPS) is 11.2. The highest BCUT2D eigenvalue weighted by molar-refractivity contribution is 7.80. The summed E-state index contributed by atoms with van der Waals surface area (Å²) in [4.78, 5) is 0. The van der Waals surface area contributed by atoms with E-state index in [-0.39, 0.29) is 5.75 Å². The minimum Gasteiger partial charge on any atom is -0.435 e. The van der Waals surface area contributed by atoms with Crippen molar-refractivity contribution in [2.24, 2.45) is 0 Å². The van der Waals surface area contributed by atoms with Crippen molar-refractivity contribution < 1.29 is 13.5 Å². The molecule has 0 aliphatic rings. The van der Waals surface area contributed by atoms with Crippen LogP contribution in [0.1, 0.15) is 12.0 Å². The number of benzene rings is 1. The van der Waals surface area contributed by atoms with Gasteiger partial charge < -0.3 is 4.74 Å². The van der Waals surface area contributed by atoms with E-state index in [1.165, 1.54) is 6.07 Å². The van der Waals surface area contributed by atoms with Crippen LogP contribution in [0.4, 0.5) is 8.78 Å². The Morgan fingerprint density at radius 3 is 2.87 bits per heavy atom. The first-order valence-corrected chi connectivity index (χ1v) is 5.18. The average molecular weight is 230 g/mol. The summed E-state index contributed by atoms with van der Waals surface area (Å²) in [6, 6.07) is 6.58. The van der Waals surface area contributed by atoms with Crippen LogP contribution in [-0.4, -0.2) is 12.4 Å². The molecular weight excluding hydrogens is 218 g/mol. The smallest absolute Gasteiger partial charge is 0.387 e. The summed E-state index contributed by atoms with van der Waals surface area (Å²) in [5, 5.41) is 0. The number of thiol groups is 1. The Morgan fingerprint density at radius 2 is 2.20 bits per heavy atom. The molecule has 0 saturated carbocycles. The number of alkyl halides is 2. The van der Waals surface area contributed by atoms with Crippen molar-refractivity contribution in [2.45, 2.75) is 13.0 Å². The lowest BCUT2D eigenvalue weighted by molar-refractivity contribution is -0.0498. The van der Waals surface area contributed by atoms with Gasteiger partial charge >= 0.3 is 6.61 Å². The fraction of sp³-hybridized carbons (Fsp3) is 0.273. The highest BCUT2D eigenvalue weighted by Crippen LogP contribution is 2.16. The van der Waals surface area contributed by atoms with Crippen molar-refractivity contribution in [1.82, 2.24) is 0 Å². The minimum atomic E-state index is -2.78. The second-order valence-electron chi connectivity index (χ2n) is 2.87. The maximum atomic E-state index is 11.9. The van der Waals surface area contributed by atoms with Gasteiger partial charge in [-0.1, -0.05) is 24.3 Å². The Kier molecular flexibility index (Phi) is 5.18. The molecule has 0 heterocycles. The molecule has 15 heavy (non-hydrogen) atoms. The maximum absolute atomic E-state index is 11.9. The van der Waals surface area contributed by atoms with Crippen molar-refractivity contribution in [3.05, 3.63) is 35.9 Å². The predicted octanol–water partition coefficient (Wildman–Crippen LogP) is 3.62. The number of allylic oxidation sites excluding steroid dienone is 1. The van der Waals surface area contributed by atoms with Gasteiger partial charge in [-0.15, -0.1) is 0 Å². The molecule has 0 radical (unpaired) electrons. The second-order valence-corrected chi connectivity index (χ2v) is 3.31. The zero-order valence-electron chi connectivity index (χ0n) is 8.07. The quantitative estimate of drug-likeness (QED) is 0.760. The SMILES string of the molecule is FC(F)Oc1cccc(C=CCCS)c1. The summed E-state index contributed by atoms with van der Waals surface area (Å²) in [6.45, 7) is -2.78. The molecule has 0 unspecified atom stereocenters. The molecule has 0 N–H and O–H groups in total. The molecule has 4 heteroatoms. The monoisotopic (exact) mass is 230 g/mol. The summed E-state index contributed by atoms with van der Waals surface area (Å²) in [6.07, 6.45) is 4.64. The third kappa shape index (κ3) is 4.83. The Bertz CT molecular complexity index is 326. The molecule has 1 rings (SSSR count). The Hall–Kier alpha value is -1.03. The summed E-state index contributed by atoms with van der Waals surface area (Å²) < 4.78 is 28.1. The first kappa shape index (κ1) is 12.0. The van der Waals surface area contributed by atoms with Crippen molar-refractivity contribution in [3.63, 3.8) is 0 Å². The lowest BCUT2D eigenvalue weighted by atomic mass is 10.2. The minimum absolute atomic E-state index is 0.179. The highest BCUT2D eigenvalue weighted by atomic mass is 32.1. The van der Waals surface area contributed by atoms with Crippen molar-refractivity contribution in [1.29, 1.82) is 0 Å². The molecule has 0 bridgehead atoms. The van der Waals surface area contributed by atoms with Crippen LogP contribution in [0.2, 0.25) is 0 Å². The van der Waals surface area contributed by atoms with Crippen LogP contribution >= 0.6 is 12.6 Å². The molecule has 0 aliphatic heterocycles. The van der Waals surface area contributed by atoms with Gasteiger partial charge in [0.25, 0.3) is 0 Å². The standard InChI is InChI=1S/C11H12F2OS/c12-11(13)14-10-6-3-5-9(8-10)4-1-2-7-15/h1,3-6,8,11,15H,2,7H2. The molecule has 0 atom stereocenters. The van der Waals surface area contributed by atoms with Crippen LogP contribution in [0.5, 0.6) is 5.75 Å².